The van der Waals surface area contributed by atoms with Crippen molar-refractivity contribution >= 4 is 37.3 Å². The van der Waals surface area contributed by atoms with Crippen LogP contribution in [-0.4, -0.2) is 65.4 Å². The monoisotopic (exact) mass is 542 g/mol. The Hall–Kier alpha value is -1.36. The van der Waals surface area contributed by atoms with E-state index in [0.717, 1.165) is 0 Å². The minimum atomic E-state index is -2.88. The van der Waals surface area contributed by atoms with E-state index >= 15 is 0 Å². The molecule has 1 saturated heterocycles. The van der Waals surface area contributed by atoms with E-state index in [9.17, 15) is 14.6 Å². The summed E-state index contributed by atoms with van der Waals surface area (Å²) in [6, 6.07) is 0. The van der Waals surface area contributed by atoms with Crippen LogP contribution in [0.2, 0.25) is 0 Å². The fraction of sp³-hybridized carbons (Fsp3) is 0.562. The molecule has 1 aliphatic rings. The second-order valence-corrected chi connectivity index (χ2v) is 9.76. The second-order valence-electron chi connectivity index (χ2n) is 6.74. The van der Waals surface area contributed by atoms with Crippen LogP contribution < -0.4 is 11.4 Å². The molecule has 7 N–H and O–H groups in total. The van der Waals surface area contributed by atoms with E-state index in [-0.39, 0.29) is 37.4 Å². The van der Waals surface area contributed by atoms with Crippen molar-refractivity contribution in [3.05, 3.63) is 22.2 Å². The molecule has 3 unspecified atom stereocenters. The lowest BCUT2D eigenvalue weighted by Gasteiger charge is -2.19. The highest BCUT2D eigenvalue weighted by atomic mass is 31.3. The topological polar surface area (TPSA) is 221 Å². The molecule has 5 atom stereocenters. The van der Waals surface area contributed by atoms with E-state index in [4.69, 9.17) is 34.7 Å². The molecule has 2 heterocycles. The van der Waals surface area contributed by atoms with Crippen molar-refractivity contribution in [2.24, 2.45) is 5.16 Å². The summed E-state index contributed by atoms with van der Waals surface area (Å²) in [5.41, 5.74) is 5.97. The van der Waals surface area contributed by atoms with Crippen LogP contribution in [0.1, 0.15) is 38.5 Å². The van der Waals surface area contributed by atoms with E-state index < -0.39 is 49.9 Å². The summed E-state index contributed by atoms with van der Waals surface area (Å²) >= 11 is 0. The normalized spacial score (nSPS) is 21.6. The number of aliphatic hydroxyl groups is 1. The maximum Gasteiger partial charge on any atom is 0.351 e. The number of oxime groups is 1. The number of hydrogen-bond donors (Lipinski definition) is 6. The van der Waals surface area contributed by atoms with Gasteiger partial charge in [0, 0.05) is 19.0 Å². The van der Waals surface area contributed by atoms with E-state index in [0.29, 0.717) is 5.71 Å². The van der Waals surface area contributed by atoms with E-state index in [1.54, 1.807) is 13.8 Å². The first-order valence-electron chi connectivity index (χ1n) is 9.56. The quantitative estimate of drug-likeness (QED) is 0.0962. The first kappa shape index (κ1) is 28.9. The Balaban J connectivity index is 2.14. The molecular formula is C16H25N4O11P3. The van der Waals surface area contributed by atoms with Crippen LogP contribution in [-0.2, 0) is 22.7 Å². The predicted molar refractivity (Wildman–Crippen MR) is 121 cm³/mol. The van der Waals surface area contributed by atoms with Crippen molar-refractivity contribution in [1.29, 1.82) is 0 Å². The van der Waals surface area contributed by atoms with Crippen LogP contribution in [0.4, 0.5) is 5.82 Å². The number of hydrogen-bond acceptors (Lipinski definition) is 14. The molecule has 0 spiro atoms. The summed E-state index contributed by atoms with van der Waals surface area (Å²) < 4.78 is 21.0. The van der Waals surface area contributed by atoms with Gasteiger partial charge in [-0.3, -0.25) is 4.57 Å². The number of nitrogens with zero attached hydrogens (tertiary/aromatic N) is 3. The Kier molecular flexibility index (Phi) is 12.1. The van der Waals surface area contributed by atoms with Gasteiger partial charge in [-0.25, -0.2) is 13.4 Å². The molecule has 2 rings (SSSR count). The van der Waals surface area contributed by atoms with Gasteiger partial charge in [-0.05, 0) is 13.8 Å². The van der Waals surface area contributed by atoms with Crippen LogP contribution in [0.25, 0.3) is 0 Å². The van der Waals surface area contributed by atoms with Crippen LogP contribution in [0.15, 0.2) is 16.1 Å². The van der Waals surface area contributed by atoms with E-state index in [2.05, 4.69) is 30.6 Å². The zero-order chi connectivity index (χ0) is 25.3. The lowest BCUT2D eigenvalue weighted by Crippen LogP contribution is -2.29. The maximum absolute atomic E-state index is 12.4. The third kappa shape index (κ3) is 9.36. The summed E-state index contributed by atoms with van der Waals surface area (Å²) in [5.74, 6) is 5.37. The van der Waals surface area contributed by atoms with Gasteiger partial charge in [0.15, 0.2) is 6.10 Å². The number of anilines is 1. The number of nitrogens with two attached hydrogens (primary N) is 1. The molecule has 0 bridgehead atoms. The average molecular weight is 542 g/mol. The maximum atomic E-state index is 12.4. The molecule has 1 aliphatic heterocycles. The molecule has 0 aliphatic carbocycles. The molecule has 0 aromatic carbocycles. The van der Waals surface area contributed by atoms with Crippen molar-refractivity contribution in [2.45, 2.75) is 45.1 Å². The van der Waals surface area contributed by atoms with Gasteiger partial charge < -0.3 is 44.5 Å². The van der Waals surface area contributed by atoms with Gasteiger partial charge in [0.25, 0.3) is 0 Å². The number of aliphatic hydroxyl groups excluding tert-OH is 1. The Morgan fingerprint density at radius 2 is 2.06 bits per heavy atom. The van der Waals surface area contributed by atoms with Crippen LogP contribution in [0, 0.1) is 11.8 Å². The van der Waals surface area contributed by atoms with Gasteiger partial charge in [0.1, 0.15) is 18.1 Å². The molecule has 0 amide bonds. The lowest BCUT2D eigenvalue weighted by molar-refractivity contribution is -0.0582. The summed E-state index contributed by atoms with van der Waals surface area (Å²) in [4.78, 5) is 58.2. The number of nitrogen functional groups attached to an aromatic ring is 1. The highest BCUT2D eigenvalue weighted by Gasteiger charge is 2.40. The molecule has 1 aromatic heterocycles. The fourth-order valence-corrected chi connectivity index (χ4v) is 4.43. The number of ether oxygens (including phenoxy) is 1. The SMILES string of the molecule is CC(C)=NOC1C[C@H](n2cc(C#CCCO)c(N)nc2=O)O[C@@H]1COP(O)OP(O)OP(O)O. The van der Waals surface area contributed by atoms with E-state index in [1.807, 2.05) is 0 Å². The molecule has 15 nitrogen and oxygen atoms in total. The van der Waals surface area contributed by atoms with Crippen molar-refractivity contribution < 1.29 is 47.4 Å². The first-order valence-corrected chi connectivity index (χ1v) is 13.0. The van der Waals surface area contributed by atoms with Crippen molar-refractivity contribution in [1.82, 2.24) is 9.55 Å². The highest BCUT2D eigenvalue weighted by Crippen LogP contribution is 2.55. The third-order valence-electron chi connectivity index (χ3n) is 3.93. The lowest BCUT2D eigenvalue weighted by atomic mass is 10.2. The van der Waals surface area contributed by atoms with Crippen molar-refractivity contribution in [3.8, 4) is 11.8 Å². The summed E-state index contributed by atoms with van der Waals surface area (Å²) in [5, 5.41) is 12.8. The largest absolute Gasteiger partial charge is 0.395 e. The molecule has 0 radical (unpaired) electrons. The average Bonchev–Trinajstić information content (AvgIpc) is 3.14. The summed E-state index contributed by atoms with van der Waals surface area (Å²) in [6.07, 6.45) is -0.643. The van der Waals surface area contributed by atoms with Crippen LogP contribution in [0.5, 0.6) is 0 Å². The third-order valence-corrected chi connectivity index (χ3v) is 6.56. The van der Waals surface area contributed by atoms with Gasteiger partial charge in [0.05, 0.1) is 24.5 Å². The Labute approximate surface area is 198 Å². The molecule has 0 saturated carbocycles. The zero-order valence-corrected chi connectivity index (χ0v) is 20.8. The van der Waals surface area contributed by atoms with Gasteiger partial charge in [-0.15, -0.1) is 0 Å². The predicted octanol–water partition coefficient (Wildman–Crippen LogP) is 0.328. The molecule has 18 heteroatoms. The van der Waals surface area contributed by atoms with Crippen molar-refractivity contribution in [2.75, 3.05) is 18.9 Å². The molecule has 190 valence electrons. The van der Waals surface area contributed by atoms with Gasteiger partial charge in [-0.2, -0.15) is 4.98 Å². The molecule has 1 aromatic rings. The molecule has 34 heavy (non-hydrogen) atoms. The summed E-state index contributed by atoms with van der Waals surface area (Å²) in [6.45, 7) is 3.00. The number of aromatic nitrogens is 2. The summed E-state index contributed by atoms with van der Waals surface area (Å²) in [7, 11) is -8.33. The Bertz CT molecular complexity index is 950. The second kappa shape index (κ2) is 14.3. The Morgan fingerprint density at radius 1 is 1.32 bits per heavy atom. The van der Waals surface area contributed by atoms with Gasteiger partial charge >= 0.3 is 31.5 Å². The molecule has 1 fully saturated rings. The van der Waals surface area contributed by atoms with Crippen LogP contribution in [0.3, 0.4) is 0 Å². The highest BCUT2D eigenvalue weighted by molar-refractivity contribution is 7.60. The minimum absolute atomic E-state index is 0.0659. The van der Waals surface area contributed by atoms with Crippen LogP contribution >= 0.6 is 25.8 Å². The molecular weight excluding hydrogens is 517 g/mol. The first-order chi connectivity index (χ1) is 16.1. The standard InChI is InChI=1S/C16H25N4O11P3/c1-10(2)19-29-12-7-14(20-8-11(5-3-4-6-21)15(17)18-16(20)22)28-13(12)9-27-33(25)31-34(26)30-32(23)24/h8,12-14,21,23-26H,4,6-7,9H2,1-2H3,(H2,17,18,22)/t12?,13-,14-,33?,34?/m1/s1. The minimum Gasteiger partial charge on any atom is -0.395 e. The van der Waals surface area contributed by atoms with E-state index in [1.165, 1.54) is 10.8 Å². The Morgan fingerprint density at radius 3 is 2.71 bits per heavy atom. The van der Waals surface area contributed by atoms with Gasteiger partial charge in [0.2, 0.25) is 0 Å². The van der Waals surface area contributed by atoms with Crippen molar-refractivity contribution in [3.63, 3.8) is 0 Å². The fourth-order valence-electron chi connectivity index (χ4n) is 2.60. The smallest absolute Gasteiger partial charge is 0.351 e. The van der Waals surface area contributed by atoms with Gasteiger partial charge in [-0.1, -0.05) is 17.0 Å². The zero-order valence-electron chi connectivity index (χ0n) is 18.1. The number of rotatable bonds is 11.